The van der Waals surface area contributed by atoms with Gasteiger partial charge in [0.05, 0.1) is 27.9 Å². The molecule has 2 aromatic rings. The quantitative estimate of drug-likeness (QED) is 0.746. The molecule has 0 saturated carbocycles. The summed E-state index contributed by atoms with van der Waals surface area (Å²) in [5.41, 5.74) is 1.30. The average Bonchev–Trinajstić information content (AvgIpc) is 2.78. The van der Waals surface area contributed by atoms with Crippen molar-refractivity contribution in [2.24, 2.45) is 0 Å². The maximum atomic E-state index is 12.3. The Morgan fingerprint density at radius 3 is 1.90 bits per heavy atom. The van der Waals surface area contributed by atoms with Crippen LogP contribution in [0.3, 0.4) is 0 Å². The number of nitriles is 2. The first-order valence-electron chi connectivity index (χ1n) is 6.09. The third-order valence-corrected chi connectivity index (χ3v) is 3.30. The van der Waals surface area contributed by atoms with Gasteiger partial charge in [-0.05, 0) is 30.3 Å². The number of benzene rings is 2. The van der Waals surface area contributed by atoms with Crippen LogP contribution in [-0.2, 0) is 0 Å². The van der Waals surface area contributed by atoms with E-state index in [9.17, 15) is 9.59 Å². The summed E-state index contributed by atoms with van der Waals surface area (Å²) < 4.78 is 0. The number of imide groups is 1. The third kappa shape index (κ3) is 1.77. The van der Waals surface area contributed by atoms with Crippen LogP contribution in [0.1, 0.15) is 31.8 Å². The smallest absolute Gasteiger partial charge is 0.266 e. The van der Waals surface area contributed by atoms with Crippen LogP contribution >= 0.6 is 0 Å². The van der Waals surface area contributed by atoms with Gasteiger partial charge in [0.25, 0.3) is 11.8 Å². The van der Waals surface area contributed by atoms with Gasteiger partial charge in [0, 0.05) is 0 Å². The molecule has 98 valence electrons. The Labute approximate surface area is 120 Å². The van der Waals surface area contributed by atoms with E-state index in [0.717, 1.165) is 4.90 Å². The van der Waals surface area contributed by atoms with E-state index in [0.29, 0.717) is 11.1 Å². The minimum absolute atomic E-state index is 0.131. The number of amides is 2. The highest BCUT2D eigenvalue weighted by Crippen LogP contribution is 2.29. The Kier molecular flexibility index (Phi) is 2.75. The summed E-state index contributed by atoms with van der Waals surface area (Å²) in [6.45, 7) is 0. The maximum absolute atomic E-state index is 12.3. The van der Waals surface area contributed by atoms with E-state index in [1.807, 2.05) is 12.1 Å². The van der Waals surface area contributed by atoms with E-state index >= 15 is 0 Å². The Balaban J connectivity index is 2.12. The zero-order chi connectivity index (χ0) is 15.0. The molecule has 0 spiro atoms. The molecule has 0 radical (unpaired) electrons. The maximum Gasteiger partial charge on any atom is 0.266 e. The standard InChI is InChI=1S/C16H7N3O2/c17-8-10-5-6-12(7-11(10)9-18)19-15(20)13-3-1-2-4-14(13)16(19)21/h1-7H. The topological polar surface area (TPSA) is 85.0 Å². The van der Waals surface area contributed by atoms with Crippen molar-refractivity contribution >= 4 is 17.5 Å². The second-order valence-electron chi connectivity index (χ2n) is 4.44. The van der Waals surface area contributed by atoms with Gasteiger partial charge >= 0.3 is 0 Å². The summed E-state index contributed by atoms with van der Waals surface area (Å²) >= 11 is 0. The van der Waals surface area contributed by atoms with E-state index in [1.54, 1.807) is 24.3 Å². The van der Waals surface area contributed by atoms with E-state index in [-0.39, 0.29) is 16.8 Å². The predicted molar refractivity (Wildman–Crippen MR) is 73.5 cm³/mol. The largest absolute Gasteiger partial charge is 0.268 e. The summed E-state index contributed by atoms with van der Waals surface area (Å²) in [5, 5.41) is 17.9. The molecule has 0 fully saturated rings. The second kappa shape index (κ2) is 4.59. The van der Waals surface area contributed by atoms with Crippen LogP contribution in [-0.4, -0.2) is 11.8 Å². The average molecular weight is 273 g/mol. The van der Waals surface area contributed by atoms with Crippen molar-refractivity contribution < 1.29 is 9.59 Å². The molecule has 2 aromatic carbocycles. The van der Waals surface area contributed by atoms with Gasteiger partial charge in [-0.15, -0.1) is 0 Å². The van der Waals surface area contributed by atoms with Gasteiger partial charge < -0.3 is 0 Å². The minimum Gasteiger partial charge on any atom is -0.268 e. The third-order valence-electron chi connectivity index (χ3n) is 3.30. The lowest BCUT2D eigenvalue weighted by Crippen LogP contribution is -2.29. The van der Waals surface area contributed by atoms with Gasteiger partial charge in [0.1, 0.15) is 12.1 Å². The van der Waals surface area contributed by atoms with Crippen molar-refractivity contribution in [2.45, 2.75) is 0 Å². The Morgan fingerprint density at radius 1 is 0.810 bits per heavy atom. The molecule has 0 N–H and O–H groups in total. The Hall–Kier alpha value is -3.44. The van der Waals surface area contributed by atoms with Gasteiger partial charge in [-0.2, -0.15) is 10.5 Å². The fourth-order valence-electron chi connectivity index (χ4n) is 2.29. The van der Waals surface area contributed by atoms with E-state index < -0.39 is 11.8 Å². The van der Waals surface area contributed by atoms with Crippen LogP contribution in [0.5, 0.6) is 0 Å². The Bertz CT molecular complexity index is 837. The fraction of sp³-hybridized carbons (Fsp3) is 0. The monoisotopic (exact) mass is 273 g/mol. The molecular formula is C16H7N3O2. The van der Waals surface area contributed by atoms with Gasteiger partial charge in [-0.25, -0.2) is 4.90 Å². The number of hydrogen-bond donors (Lipinski definition) is 0. The number of carbonyl (C=O) groups is 2. The first kappa shape index (κ1) is 12.6. The molecule has 0 atom stereocenters. The van der Waals surface area contributed by atoms with Crippen LogP contribution < -0.4 is 4.90 Å². The van der Waals surface area contributed by atoms with Crippen LogP contribution in [0.25, 0.3) is 0 Å². The molecule has 0 saturated heterocycles. The van der Waals surface area contributed by atoms with E-state index in [2.05, 4.69) is 0 Å². The molecule has 1 aliphatic rings. The number of hydrogen-bond acceptors (Lipinski definition) is 4. The molecule has 0 aromatic heterocycles. The van der Waals surface area contributed by atoms with Crippen molar-refractivity contribution in [3.05, 3.63) is 64.7 Å². The van der Waals surface area contributed by atoms with E-state index in [4.69, 9.17) is 10.5 Å². The van der Waals surface area contributed by atoms with Crippen molar-refractivity contribution in [3.8, 4) is 12.1 Å². The Morgan fingerprint density at radius 2 is 1.38 bits per heavy atom. The molecule has 2 amide bonds. The number of nitrogens with zero attached hydrogens (tertiary/aromatic N) is 3. The van der Waals surface area contributed by atoms with Gasteiger partial charge in [-0.3, -0.25) is 9.59 Å². The van der Waals surface area contributed by atoms with Crippen LogP contribution in [0.2, 0.25) is 0 Å². The molecule has 3 rings (SSSR count). The molecule has 0 aliphatic carbocycles. The van der Waals surface area contributed by atoms with E-state index in [1.165, 1.54) is 18.2 Å². The number of fused-ring (bicyclic) bond motifs is 1. The van der Waals surface area contributed by atoms with Crippen molar-refractivity contribution in [1.29, 1.82) is 10.5 Å². The lowest BCUT2D eigenvalue weighted by atomic mass is 10.1. The minimum atomic E-state index is -0.427. The summed E-state index contributed by atoms with van der Waals surface area (Å²) in [6, 6.07) is 14.6. The lowest BCUT2D eigenvalue weighted by molar-refractivity contribution is 0.0926. The van der Waals surface area contributed by atoms with Crippen molar-refractivity contribution in [1.82, 2.24) is 0 Å². The highest BCUT2D eigenvalue weighted by Gasteiger charge is 2.36. The second-order valence-corrected chi connectivity index (χ2v) is 4.44. The fourth-order valence-corrected chi connectivity index (χ4v) is 2.29. The molecule has 1 aliphatic heterocycles. The molecule has 21 heavy (non-hydrogen) atoms. The summed E-state index contributed by atoms with van der Waals surface area (Å²) in [4.78, 5) is 25.7. The first-order valence-corrected chi connectivity index (χ1v) is 6.09. The lowest BCUT2D eigenvalue weighted by Gasteiger charge is -2.14. The number of carbonyl (C=O) groups excluding carboxylic acids is 2. The molecule has 1 heterocycles. The molecular weight excluding hydrogens is 266 g/mol. The predicted octanol–water partition coefficient (Wildman–Crippen LogP) is 2.23. The summed E-state index contributed by atoms with van der Waals surface area (Å²) in [7, 11) is 0. The van der Waals surface area contributed by atoms with Gasteiger partial charge in [0.15, 0.2) is 0 Å². The van der Waals surface area contributed by atoms with Crippen LogP contribution in [0.15, 0.2) is 42.5 Å². The highest BCUT2D eigenvalue weighted by atomic mass is 16.2. The van der Waals surface area contributed by atoms with Gasteiger partial charge in [-0.1, -0.05) is 12.1 Å². The molecule has 0 bridgehead atoms. The van der Waals surface area contributed by atoms with Crippen LogP contribution in [0, 0.1) is 22.7 Å². The number of anilines is 1. The summed E-state index contributed by atoms with van der Waals surface area (Å²) in [6.07, 6.45) is 0. The zero-order valence-electron chi connectivity index (χ0n) is 10.7. The first-order chi connectivity index (χ1) is 10.2. The molecule has 0 unspecified atom stereocenters. The molecule has 5 heteroatoms. The van der Waals surface area contributed by atoms with Gasteiger partial charge in [0.2, 0.25) is 0 Å². The van der Waals surface area contributed by atoms with Crippen molar-refractivity contribution in [2.75, 3.05) is 4.90 Å². The SMILES string of the molecule is N#Cc1ccc(N2C(=O)c3ccccc3C2=O)cc1C#N. The van der Waals surface area contributed by atoms with Crippen LogP contribution in [0.4, 0.5) is 5.69 Å². The molecule has 5 nitrogen and oxygen atoms in total. The zero-order valence-corrected chi connectivity index (χ0v) is 10.7. The van der Waals surface area contributed by atoms with Crippen molar-refractivity contribution in [3.63, 3.8) is 0 Å². The normalized spacial score (nSPS) is 12.8. The summed E-state index contributed by atoms with van der Waals surface area (Å²) in [5.74, 6) is -0.853. The number of rotatable bonds is 1. The highest BCUT2D eigenvalue weighted by molar-refractivity contribution is 6.34.